The fraction of sp³-hybridized carbons (Fsp3) is 0.667. The van der Waals surface area contributed by atoms with Gasteiger partial charge in [0.25, 0.3) is 0 Å². The SMILES string of the molecule is Cc1ccc(CN2CCOCC2)cc1B1OC(C)(C)C(C)(C)O1. The van der Waals surface area contributed by atoms with E-state index in [9.17, 15) is 0 Å². The molecule has 1 aromatic rings. The maximum atomic E-state index is 6.22. The van der Waals surface area contributed by atoms with E-state index < -0.39 is 0 Å². The van der Waals surface area contributed by atoms with E-state index in [4.69, 9.17) is 14.0 Å². The molecule has 1 aromatic carbocycles. The normalized spacial score (nSPS) is 24.1. The lowest BCUT2D eigenvalue weighted by Crippen LogP contribution is -2.41. The van der Waals surface area contributed by atoms with Crippen LogP contribution in [0.25, 0.3) is 0 Å². The number of hydrogen-bond donors (Lipinski definition) is 0. The summed E-state index contributed by atoms with van der Waals surface area (Å²) in [6.07, 6.45) is 0. The Morgan fingerprint density at radius 1 is 1.04 bits per heavy atom. The largest absolute Gasteiger partial charge is 0.495 e. The minimum Gasteiger partial charge on any atom is -0.399 e. The number of morpholine rings is 1. The third-order valence-electron chi connectivity index (χ3n) is 5.36. The summed E-state index contributed by atoms with van der Waals surface area (Å²) in [5.41, 5.74) is 3.07. The first-order valence-electron chi connectivity index (χ1n) is 8.54. The molecule has 0 atom stereocenters. The Morgan fingerprint density at radius 3 is 2.26 bits per heavy atom. The van der Waals surface area contributed by atoms with Crippen LogP contribution in [0.15, 0.2) is 18.2 Å². The van der Waals surface area contributed by atoms with Crippen molar-refractivity contribution in [2.24, 2.45) is 0 Å². The zero-order chi connectivity index (χ0) is 16.7. The second-order valence-electron chi connectivity index (χ2n) is 7.67. The van der Waals surface area contributed by atoms with Crippen LogP contribution in [0.1, 0.15) is 38.8 Å². The molecular formula is C18H28BNO3. The smallest absolute Gasteiger partial charge is 0.399 e. The standard InChI is InChI=1S/C18H28BNO3/c1-14-6-7-15(13-20-8-10-21-11-9-20)12-16(14)19-22-17(2,3)18(4,5)23-19/h6-7,12H,8-11,13H2,1-5H3. The fourth-order valence-corrected chi connectivity index (χ4v) is 3.03. The van der Waals surface area contributed by atoms with Crippen LogP contribution in [0.3, 0.4) is 0 Å². The molecule has 0 bridgehead atoms. The van der Waals surface area contributed by atoms with Gasteiger partial charge in [0.05, 0.1) is 24.4 Å². The van der Waals surface area contributed by atoms with E-state index in [0.29, 0.717) is 0 Å². The minimum atomic E-state index is -0.301. The van der Waals surface area contributed by atoms with E-state index in [-0.39, 0.29) is 18.3 Å². The van der Waals surface area contributed by atoms with Gasteiger partial charge in [-0.15, -0.1) is 0 Å². The average molecular weight is 317 g/mol. The van der Waals surface area contributed by atoms with Crippen LogP contribution in [-0.4, -0.2) is 49.5 Å². The summed E-state index contributed by atoms with van der Waals surface area (Å²) in [6.45, 7) is 15.1. The van der Waals surface area contributed by atoms with E-state index in [1.165, 1.54) is 11.1 Å². The summed E-state index contributed by atoms with van der Waals surface area (Å²) in [6, 6.07) is 6.63. The van der Waals surface area contributed by atoms with Gasteiger partial charge in [-0.3, -0.25) is 4.90 Å². The van der Waals surface area contributed by atoms with Crippen LogP contribution < -0.4 is 5.46 Å². The molecule has 2 aliphatic rings. The summed E-state index contributed by atoms with van der Waals surface area (Å²) in [4.78, 5) is 2.43. The van der Waals surface area contributed by atoms with E-state index in [0.717, 1.165) is 38.3 Å². The van der Waals surface area contributed by atoms with Crippen LogP contribution in [0.2, 0.25) is 0 Å². The molecule has 0 amide bonds. The maximum absolute atomic E-state index is 6.22. The van der Waals surface area contributed by atoms with Crippen molar-refractivity contribution >= 4 is 12.6 Å². The quantitative estimate of drug-likeness (QED) is 0.799. The molecule has 2 heterocycles. The van der Waals surface area contributed by atoms with E-state index in [1.54, 1.807) is 0 Å². The molecule has 0 aromatic heterocycles. The lowest BCUT2D eigenvalue weighted by Gasteiger charge is -2.32. The Morgan fingerprint density at radius 2 is 1.65 bits per heavy atom. The second-order valence-corrected chi connectivity index (χ2v) is 7.67. The predicted molar refractivity (Wildman–Crippen MR) is 93.0 cm³/mol. The Balaban J connectivity index is 1.78. The third-order valence-corrected chi connectivity index (χ3v) is 5.36. The molecule has 0 radical (unpaired) electrons. The van der Waals surface area contributed by atoms with Gasteiger partial charge < -0.3 is 14.0 Å². The number of nitrogens with zero attached hydrogens (tertiary/aromatic N) is 1. The molecule has 5 heteroatoms. The molecule has 3 rings (SSSR count). The van der Waals surface area contributed by atoms with Crippen molar-refractivity contribution in [3.05, 3.63) is 29.3 Å². The Hall–Kier alpha value is -0.875. The topological polar surface area (TPSA) is 30.9 Å². The molecule has 2 saturated heterocycles. The molecular weight excluding hydrogens is 289 g/mol. The first-order valence-corrected chi connectivity index (χ1v) is 8.54. The van der Waals surface area contributed by atoms with E-state index in [1.807, 2.05) is 0 Å². The van der Waals surface area contributed by atoms with Gasteiger partial charge in [-0.1, -0.05) is 23.8 Å². The summed E-state index contributed by atoms with van der Waals surface area (Å²) in [5.74, 6) is 0. The number of hydrogen-bond acceptors (Lipinski definition) is 4. The van der Waals surface area contributed by atoms with Crippen molar-refractivity contribution in [2.45, 2.75) is 52.4 Å². The highest BCUT2D eigenvalue weighted by Gasteiger charge is 2.52. The first kappa shape index (κ1) is 17.0. The van der Waals surface area contributed by atoms with Gasteiger partial charge in [-0.05, 0) is 45.6 Å². The van der Waals surface area contributed by atoms with Crippen LogP contribution >= 0.6 is 0 Å². The average Bonchev–Trinajstić information content (AvgIpc) is 2.70. The van der Waals surface area contributed by atoms with Crippen LogP contribution in [0, 0.1) is 6.92 Å². The minimum absolute atomic E-state index is 0.287. The molecule has 0 saturated carbocycles. The molecule has 2 fully saturated rings. The summed E-state index contributed by atoms with van der Waals surface area (Å²) >= 11 is 0. The zero-order valence-corrected chi connectivity index (χ0v) is 15.0. The lowest BCUT2D eigenvalue weighted by atomic mass is 9.75. The van der Waals surface area contributed by atoms with Gasteiger partial charge in [0.15, 0.2) is 0 Å². The molecule has 23 heavy (non-hydrogen) atoms. The summed E-state index contributed by atoms with van der Waals surface area (Å²) in [7, 11) is -0.287. The number of aryl methyl sites for hydroxylation is 1. The molecule has 0 unspecified atom stereocenters. The number of ether oxygens (including phenoxy) is 1. The number of benzene rings is 1. The lowest BCUT2D eigenvalue weighted by molar-refractivity contribution is 0.00578. The Labute approximate surface area is 140 Å². The third kappa shape index (κ3) is 3.48. The Bertz CT molecular complexity index is 551. The van der Waals surface area contributed by atoms with Gasteiger partial charge in [-0.2, -0.15) is 0 Å². The van der Waals surface area contributed by atoms with Crippen LogP contribution in [0.5, 0.6) is 0 Å². The van der Waals surface area contributed by atoms with Gasteiger partial charge in [0.1, 0.15) is 0 Å². The molecule has 0 aliphatic carbocycles. The second kappa shape index (κ2) is 6.21. The number of rotatable bonds is 3. The molecule has 126 valence electrons. The van der Waals surface area contributed by atoms with Crippen molar-refractivity contribution in [3.8, 4) is 0 Å². The first-order chi connectivity index (χ1) is 10.8. The molecule has 2 aliphatic heterocycles. The molecule has 0 N–H and O–H groups in total. The van der Waals surface area contributed by atoms with Gasteiger partial charge in [0.2, 0.25) is 0 Å². The van der Waals surface area contributed by atoms with Crippen molar-refractivity contribution in [3.63, 3.8) is 0 Å². The Kier molecular flexibility index (Phi) is 4.58. The highest BCUT2D eigenvalue weighted by molar-refractivity contribution is 6.62. The van der Waals surface area contributed by atoms with Crippen molar-refractivity contribution in [1.29, 1.82) is 0 Å². The van der Waals surface area contributed by atoms with Gasteiger partial charge in [-0.25, -0.2) is 0 Å². The molecule has 0 spiro atoms. The summed E-state index contributed by atoms with van der Waals surface area (Å²) in [5, 5.41) is 0. The zero-order valence-electron chi connectivity index (χ0n) is 15.0. The van der Waals surface area contributed by atoms with Crippen LogP contribution in [0.4, 0.5) is 0 Å². The van der Waals surface area contributed by atoms with Gasteiger partial charge >= 0.3 is 7.12 Å². The van der Waals surface area contributed by atoms with Gasteiger partial charge in [0, 0.05) is 19.6 Å². The fourth-order valence-electron chi connectivity index (χ4n) is 3.03. The maximum Gasteiger partial charge on any atom is 0.495 e. The highest BCUT2D eigenvalue weighted by Crippen LogP contribution is 2.36. The molecule has 4 nitrogen and oxygen atoms in total. The van der Waals surface area contributed by atoms with Crippen molar-refractivity contribution in [2.75, 3.05) is 26.3 Å². The predicted octanol–water partition coefficient (Wildman–Crippen LogP) is 2.13. The van der Waals surface area contributed by atoms with Crippen molar-refractivity contribution < 1.29 is 14.0 Å². The van der Waals surface area contributed by atoms with E-state index >= 15 is 0 Å². The summed E-state index contributed by atoms with van der Waals surface area (Å²) < 4.78 is 17.9. The monoisotopic (exact) mass is 317 g/mol. The van der Waals surface area contributed by atoms with Crippen LogP contribution in [-0.2, 0) is 20.6 Å². The highest BCUT2D eigenvalue weighted by atomic mass is 16.7. The van der Waals surface area contributed by atoms with Crippen molar-refractivity contribution in [1.82, 2.24) is 4.90 Å². The van der Waals surface area contributed by atoms with E-state index in [2.05, 4.69) is 57.7 Å².